The van der Waals surface area contributed by atoms with Crippen LogP contribution in [0, 0.1) is 0 Å². The zero-order chi connectivity index (χ0) is 22.5. The number of thiophene rings is 1. The molecule has 4 rings (SSSR count). The van der Waals surface area contributed by atoms with Gasteiger partial charge in [-0.05, 0) is 49.8 Å². The van der Waals surface area contributed by atoms with E-state index < -0.39 is 18.2 Å². The second-order valence-electron chi connectivity index (χ2n) is 8.29. The molecule has 3 atom stereocenters. The molecule has 1 aliphatic heterocycles. The molecular weight excluding hydrogens is 426 g/mol. The van der Waals surface area contributed by atoms with Crippen molar-refractivity contribution in [2.45, 2.75) is 63.8 Å². The number of rotatable bonds is 9. The van der Waals surface area contributed by atoms with Crippen LogP contribution in [0.25, 0.3) is 11.1 Å². The van der Waals surface area contributed by atoms with E-state index >= 15 is 0 Å². The third kappa shape index (κ3) is 5.04. The number of hydrogen-bond acceptors (Lipinski definition) is 7. The van der Waals surface area contributed by atoms with Crippen molar-refractivity contribution in [2.75, 3.05) is 18.1 Å². The van der Waals surface area contributed by atoms with E-state index in [4.69, 9.17) is 9.15 Å². The van der Waals surface area contributed by atoms with Gasteiger partial charge in [-0.3, -0.25) is 4.79 Å². The van der Waals surface area contributed by atoms with Gasteiger partial charge in [0.05, 0.1) is 17.8 Å². The first-order valence-electron chi connectivity index (χ1n) is 11.3. The lowest BCUT2D eigenvalue weighted by molar-refractivity contribution is -0.121. The molecule has 172 valence electrons. The molecule has 0 bridgehead atoms. The summed E-state index contributed by atoms with van der Waals surface area (Å²) in [6.07, 6.45) is 2.16. The molecule has 7 nitrogen and oxygen atoms in total. The Kier molecular flexibility index (Phi) is 7.57. The van der Waals surface area contributed by atoms with Gasteiger partial charge in [-0.25, -0.2) is 4.98 Å². The first-order valence-corrected chi connectivity index (χ1v) is 12.3. The molecule has 8 heteroatoms. The number of anilines is 1. The number of para-hydroxylation sites is 2. The van der Waals surface area contributed by atoms with Crippen molar-refractivity contribution in [1.29, 1.82) is 0 Å². The molecule has 1 aliphatic rings. The van der Waals surface area contributed by atoms with Gasteiger partial charge in [0.1, 0.15) is 5.52 Å². The lowest BCUT2D eigenvalue weighted by Gasteiger charge is -2.36. The summed E-state index contributed by atoms with van der Waals surface area (Å²) in [5.74, 6) is 0.172. The molecule has 2 N–H and O–H groups in total. The van der Waals surface area contributed by atoms with Crippen LogP contribution in [0.15, 0.2) is 45.5 Å². The maximum Gasteiger partial charge on any atom is 0.244 e. The number of oxazole rings is 1. The van der Waals surface area contributed by atoms with Crippen molar-refractivity contribution in [3.05, 3.63) is 47.0 Å². The Labute approximate surface area is 192 Å². The Morgan fingerprint density at radius 2 is 2.09 bits per heavy atom. The van der Waals surface area contributed by atoms with E-state index in [9.17, 15) is 9.90 Å². The Balaban J connectivity index is 1.62. The van der Waals surface area contributed by atoms with Gasteiger partial charge in [0.15, 0.2) is 11.7 Å². The van der Waals surface area contributed by atoms with Crippen LogP contribution in [0.5, 0.6) is 0 Å². The predicted molar refractivity (Wildman–Crippen MR) is 126 cm³/mol. The van der Waals surface area contributed by atoms with E-state index in [1.807, 2.05) is 54.9 Å². The summed E-state index contributed by atoms with van der Waals surface area (Å²) in [7, 11) is 0. The van der Waals surface area contributed by atoms with Crippen LogP contribution >= 0.6 is 11.3 Å². The van der Waals surface area contributed by atoms with Crippen molar-refractivity contribution in [3.63, 3.8) is 0 Å². The number of carbonyl (C=O) groups is 1. The quantitative estimate of drug-likeness (QED) is 0.499. The summed E-state index contributed by atoms with van der Waals surface area (Å²) in [5.41, 5.74) is 2.11. The van der Waals surface area contributed by atoms with Crippen LogP contribution in [-0.4, -0.2) is 47.3 Å². The molecular formula is C24H31N3O4S. The Morgan fingerprint density at radius 1 is 1.31 bits per heavy atom. The Hall–Kier alpha value is -2.26. The van der Waals surface area contributed by atoms with Crippen LogP contribution in [-0.2, 0) is 9.53 Å². The number of aliphatic hydroxyl groups is 1. The van der Waals surface area contributed by atoms with Gasteiger partial charge in [-0.15, -0.1) is 0 Å². The minimum Gasteiger partial charge on any atom is -0.438 e. The van der Waals surface area contributed by atoms with E-state index in [1.54, 1.807) is 4.90 Å². The number of nitrogens with zero attached hydrogens (tertiary/aromatic N) is 2. The number of amides is 1. The zero-order valence-corrected chi connectivity index (χ0v) is 19.4. The number of aliphatic hydroxyl groups excluding tert-OH is 1. The lowest BCUT2D eigenvalue weighted by Crippen LogP contribution is -2.54. The van der Waals surface area contributed by atoms with Crippen LogP contribution in [0.4, 0.5) is 5.69 Å². The van der Waals surface area contributed by atoms with Gasteiger partial charge < -0.3 is 24.5 Å². The number of benzene rings is 1. The molecule has 0 aliphatic carbocycles. The monoisotopic (exact) mass is 457 g/mol. The highest BCUT2D eigenvalue weighted by atomic mass is 32.1. The molecule has 3 heterocycles. The van der Waals surface area contributed by atoms with Gasteiger partial charge in [-0.1, -0.05) is 25.5 Å². The molecule has 0 saturated carbocycles. The zero-order valence-electron chi connectivity index (χ0n) is 18.6. The van der Waals surface area contributed by atoms with Gasteiger partial charge in [0, 0.05) is 24.6 Å². The largest absolute Gasteiger partial charge is 0.438 e. The number of hydrogen-bond donors (Lipinski definition) is 2. The van der Waals surface area contributed by atoms with E-state index in [-0.39, 0.29) is 17.8 Å². The highest BCUT2D eigenvalue weighted by Crippen LogP contribution is 2.32. The van der Waals surface area contributed by atoms with E-state index in [1.165, 1.54) is 11.3 Å². The normalized spacial score (nSPS) is 17.8. The summed E-state index contributed by atoms with van der Waals surface area (Å²) < 4.78 is 11.3. The maximum absolute atomic E-state index is 13.7. The topological polar surface area (TPSA) is 87.8 Å². The smallest absolute Gasteiger partial charge is 0.244 e. The fraction of sp³-hybridized carbons (Fsp3) is 0.500. The predicted octanol–water partition coefficient (Wildman–Crippen LogP) is 4.28. The van der Waals surface area contributed by atoms with Gasteiger partial charge in [-0.2, -0.15) is 11.3 Å². The second-order valence-corrected chi connectivity index (χ2v) is 9.07. The van der Waals surface area contributed by atoms with Crippen LogP contribution in [0.1, 0.15) is 51.5 Å². The van der Waals surface area contributed by atoms with E-state index in [2.05, 4.69) is 10.3 Å². The maximum atomic E-state index is 13.7. The van der Waals surface area contributed by atoms with E-state index in [0.717, 1.165) is 24.9 Å². The summed E-state index contributed by atoms with van der Waals surface area (Å²) >= 11 is 1.53. The fourth-order valence-corrected chi connectivity index (χ4v) is 4.91. The van der Waals surface area contributed by atoms with Gasteiger partial charge in [0.2, 0.25) is 11.8 Å². The standard InChI is InChI=1S/C24H31N3O4S/c1-3-6-20(22(28)23-26-19-7-4-5-8-21(19)31-23)27(18-11-14-32-15-18)24(29)16(2)25-17-9-12-30-13-10-17/h4-5,7-8,11,14-17,20,22,25,28H,3,6,9-10,12-13H2,1-2H3/t16?,20-,22-/m0/s1. The number of carbonyl (C=O) groups excluding carboxylic acids is 1. The average Bonchev–Trinajstić information content (AvgIpc) is 3.49. The first kappa shape index (κ1) is 22.9. The molecule has 3 aromatic rings. The van der Waals surface area contributed by atoms with Crippen molar-refractivity contribution in [2.24, 2.45) is 0 Å². The molecule has 32 heavy (non-hydrogen) atoms. The second kappa shape index (κ2) is 10.6. The SMILES string of the molecule is CCC[C@@H]([C@H](O)c1nc2ccccc2o1)N(C(=O)C(C)NC1CCOCC1)c1ccsc1. The fourth-order valence-electron chi connectivity index (χ4n) is 4.28. The van der Waals surface area contributed by atoms with E-state index in [0.29, 0.717) is 30.7 Å². The molecule has 1 unspecified atom stereocenters. The summed E-state index contributed by atoms with van der Waals surface area (Å²) in [4.78, 5) is 19.9. The molecule has 0 spiro atoms. The van der Waals surface area contributed by atoms with Crippen molar-refractivity contribution in [3.8, 4) is 0 Å². The molecule has 1 saturated heterocycles. The summed E-state index contributed by atoms with van der Waals surface area (Å²) in [6.45, 7) is 5.36. The van der Waals surface area contributed by atoms with Crippen molar-refractivity contribution >= 4 is 34.0 Å². The number of fused-ring (bicyclic) bond motifs is 1. The average molecular weight is 458 g/mol. The highest BCUT2D eigenvalue weighted by molar-refractivity contribution is 7.08. The minimum absolute atomic E-state index is 0.0662. The summed E-state index contributed by atoms with van der Waals surface area (Å²) in [6, 6.07) is 8.72. The molecule has 2 aromatic heterocycles. The molecule has 0 radical (unpaired) electrons. The Morgan fingerprint density at radius 3 is 2.78 bits per heavy atom. The van der Waals surface area contributed by atoms with Crippen LogP contribution < -0.4 is 10.2 Å². The molecule has 1 fully saturated rings. The van der Waals surface area contributed by atoms with Crippen molar-refractivity contribution < 1.29 is 19.1 Å². The van der Waals surface area contributed by atoms with Gasteiger partial charge in [0.25, 0.3) is 0 Å². The Bertz CT molecular complexity index is 967. The molecule has 1 aromatic carbocycles. The third-order valence-electron chi connectivity index (χ3n) is 5.94. The molecule has 1 amide bonds. The highest BCUT2D eigenvalue weighted by Gasteiger charge is 2.36. The van der Waals surface area contributed by atoms with Gasteiger partial charge >= 0.3 is 0 Å². The lowest BCUT2D eigenvalue weighted by atomic mass is 10.0. The third-order valence-corrected chi connectivity index (χ3v) is 6.61. The summed E-state index contributed by atoms with van der Waals surface area (Å²) in [5, 5.41) is 18.7. The minimum atomic E-state index is -1.04. The number of ether oxygens (including phenoxy) is 1. The van der Waals surface area contributed by atoms with Crippen LogP contribution in [0.3, 0.4) is 0 Å². The van der Waals surface area contributed by atoms with Crippen molar-refractivity contribution in [1.82, 2.24) is 10.3 Å². The number of nitrogens with one attached hydrogen (secondary N) is 1. The first-order chi connectivity index (χ1) is 15.6. The van der Waals surface area contributed by atoms with Crippen LogP contribution in [0.2, 0.25) is 0 Å². The number of aromatic nitrogens is 1.